The fourth-order valence-corrected chi connectivity index (χ4v) is 1.85. The van der Waals surface area contributed by atoms with Crippen molar-refractivity contribution in [1.29, 1.82) is 0 Å². The summed E-state index contributed by atoms with van der Waals surface area (Å²) in [6.45, 7) is 4.03. The van der Waals surface area contributed by atoms with E-state index in [0.29, 0.717) is 11.7 Å². The van der Waals surface area contributed by atoms with Crippen LogP contribution in [0.2, 0.25) is 0 Å². The van der Waals surface area contributed by atoms with Crippen LogP contribution in [0.3, 0.4) is 0 Å². The molecule has 90 valence electrons. The number of hydrogen-bond donors (Lipinski definition) is 1. The molecule has 3 rings (SSSR count). The Kier molecular flexibility index (Phi) is 2.76. The molecule has 1 N–H and O–H groups in total. The molecule has 17 heavy (non-hydrogen) atoms. The van der Waals surface area contributed by atoms with E-state index in [9.17, 15) is 0 Å². The molecule has 0 spiro atoms. The summed E-state index contributed by atoms with van der Waals surface area (Å²) >= 11 is 0. The van der Waals surface area contributed by atoms with Crippen LogP contribution in [0.4, 0.5) is 0 Å². The first-order valence-electron chi connectivity index (χ1n) is 6.28. The molecule has 0 atom stereocenters. The Morgan fingerprint density at radius 1 is 1.47 bits per heavy atom. The topological polar surface area (TPSA) is 55.1 Å². The second-order valence-corrected chi connectivity index (χ2v) is 4.63. The molecule has 5 nitrogen and oxygen atoms in total. The van der Waals surface area contributed by atoms with Gasteiger partial charge in [-0.05, 0) is 25.8 Å². The lowest BCUT2D eigenvalue weighted by Gasteiger charge is -2.02. The summed E-state index contributed by atoms with van der Waals surface area (Å²) in [6.07, 6.45) is 7.49. The summed E-state index contributed by atoms with van der Waals surface area (Å²) in [6, 6.07) is 0. The lowest BCUT2D eigenvalue weighted by atomic mass is 10.3. The fraction of sp³-hybridized carbons (Fsp3) is 0.583. The Balaban J connectivity index is 1.79. The molecule has 1 saturated carbocycles. The van der Waals surface area contributed by atoms with Gasteiger partial charge in [-0.1, -0.05) is 6.92 Å². The van der Waals surface area contributed by atoms with E-state index in [4.69, 9.17) is 0 Å². The van der Waals surface area contributed by atoms with Crippen molar-refractivity contribution in [2.75, 3.05) is 6.54 Å². The summed E-state index contributed by atoms with van der Waals surface area (Å²) in [4.78, 5) is 8.77. The maximum absolute atomic E-state index is 4.48. The maximum Gasteiger partial charge on any atom is 0.252 e. The Bertz CT molecular complexity index is 515. The number of hydrogen-bond acceptors (Lipinski definition) is 4. The van der Waals surface area contributed by atoms with Crippen LogP contribution in [0.15, 0.2) is 12.4 Å². The Labute approximate surface area is 100 Å². The second kappa shape index (κ2) is 4.41. The first kappa shape index (κ1) is 10.7. The van der Waals surface area contributed by atoms with Gasteiger partial charge in [0, 0.05) is 30.4 Å². The van der Waals surface area contributed by atoms with E-state index in [2.05, 4.69) is 27.3 Å². The van der Waals surface area contributed by atoms with Crippen LogP contribution >= 0.6 is 0 Å². The molecule has 0 amide bonds. The number of nitrogens with one attached hydrogen (secondary N) is 1. The zero-order chi connectivity index (χ0) is 11.7. The van der Waals surface area contributed by atoms with Gasteiger partial charge in [-0.25, -0.2) is 9.50 Å². The summed E-state index contributed by atoms with van der Waals surface area (Å²) < 4.78 is 1.80. The van der Waals surface area contributed by atoms with E-state index < -0.39 is 0 Å². The van der Waals surface area contributed by atoms with E-state index in [-0.39, 0.29) is 0 Å². The van der Waals surface area contributed by atoms with Crippen molar-refractivity contribution in [3.8, 4) is 0 Å². The van der Waals surface area contributed by atoms with Crippen molar-refractivity contribution in [3.05, 3.63) is 23.8 Å². The molecule has 0 aliphatic heterocycles. The van der Waals surface area contributed by atoms with Crippen LogP contribution in [-0.2, 0) is 6.54 Å². The summed E-state index contributed by atoms with van der Waals surface area (Å²) in [7, 11) is 0. The van der Waals surface area contributed by atoms with Gasteiger partial charge in [-0.15, -0.1) is 5.10 Å². The SMILES string of the molecule is CCCNCc1cnc2nc(C3CC3)nn2c1. The molecule has 5 heteroatoms. The monoisotopic (exact) mass is 231 g/mol. The minimum absolute atomic E-state index is 0.582. The van der Waals surface area contributed by atoms with Crippen LogP contribution in [0.5, 0.6) is 0 Å². The number of nitrogens with zero attached hydrogens (tertiary/aromatic N) is 4. The predicted octanol–water partition coefficient (Wildman–Crippen LogP) is 1.50. The van der Waals surface area contributed by atoms with Crippen LogP contribution in [-0.4, -0.2) is 26.1 Å². The summed E-state index contributed by atoms with van der Waals surface area (Å²) in [5.41, 5.74) is 1.15. The van der Waals surface area contributed by atoms with Gasteiger partial charge in [0.25, 0.3) is 5.78 Å². The fourth-order valence-electron chi connectivity index (χ4n) is 1.85. The number of rotatable bonds is 5. The van der Waals surface area contributed by atoms with Gasteiger partial charge in [-0.3, -0.25) is 0 Å². The van der Waals surface area contributed by atoms with Crippen LogP contribution < -0.4 is 5.32 Å². The van der Waals surface area contributed by atoms with Crippen molar-refractivity contribution in [2.24, 2.45) is 0 Å². The highest BCUT2D eigenvalue weighted by molar-refractivity contribution is 5.29. The average Bonchev–Trinajstić information content (AvgIpc) is 3.10. The highest BCUT2D eigenvalue weighted by Gasteiger charge is 2.28. The first-order valence-corrected chi connectivity index (χ1v) is 6.28. The van der Waals surface area contributed by atoms with Crippen molar-refractivity contribution in [1.82, 2.24) is 24.9 Å². The van der Waals surface area contributed by atoms with Crippen molar-refractivity contribution >= 4 is 5.78 Å². The van der Waals surface area contributed by atoms with Gasteiger partial charge < -0.3 is 5.32 Å². The summed E-state index contributed by atoms with van der Waals surface area (Å²) in [5.74, 6) is 2.25. The summed E-state index contributed by atoms with van der Waals surface area (Å²) in [5, 5.41) is 7.84. The molecular formula is C12H17N5. The van der Waals surface area contributed by atoms with Crippen LogP contribution in [0.1, 0.15) is 43.5 Å². The van der Waals surface area contributed by atoms with E-state index in [1.807, 2.05) is 12.4 Å². The minimum Gasteiger partial charge on any atom is -0.313 e. The first-order chi connectivity index (χ1) is 8.36. The highest BCUT2D eigenvalue weighted by Crippen LogP contribution is 2.37. The largest absolute Gasteiger partial charge is 0.313 e. The third-order valence-electron chi connectivity index (χ3n) is 2.96. The van der Waals surface area contributed by atoms with Gasteiger partial charge in [-0.2, -0.15) is 4.98 Å². The predicted molar refractivity (Wildman–Crippen MR) is 64.8 cm³/mol. The molecule has 2 aromatic heterocycles. The second-order valence-electron chi connectivity index (χ2n) is 4.63. The van der Waals surface area contributed by atoms with Gasteiger partial charge >= 0.3 is 0 Å². The Morgan fingerprint density at radius 3 is 3.12 bits per heavy atom. The van der Waals surface area contributed by atoms with E-state index in [1.54, 1.807) is 4.52 Å². The molecule has 0 unspecified atom stereocenters. The third kappa shape index (κ3) is 2.29. The third-order valence-corrected chi connectivity index (χ3v) is 2.96. The number of aromatic nitrogens is 4. The molecule has 1 aliphatic rings. The molecular weight excluding hydrogens is 214 g/mol. The van der Waals surface area contributed by atoms with Gasteiger partial charge in [0.05, 0.1) is 0 Å². The molecule has 1 aliphatic carbocycles. The van der Waals surface area contributed by atoms with Gasteiger partial charge in [0.15, 0.2) is 5.82 Å². The average molecular weight is 231 g/mol. The molecule has 2 aromatic rings. The molecule has 2 heterocycles. The lowest BCUT2D eigenvalue weighted by molar-refractivity contribution is 0.669. The van der Waals surface area contributed by atoms with Crippen molar-refractivity contribution in [2.45, 2.75) is 38.6 Å². The van der Waals surface area contributed by atoms with Crippen LogP contribution in [0.25, 0.3) is 5.78 Å². The Morgan fingerprint density at radius 2 is 2.35 bits per heavy atom. The smallest absolute Gasteiger partial charge is 0.252 e. The maximum atomic E-state index is 4.48. The van der Waals surface area contributed by atoms with E-state index in [1.165, 1.54) is 12.8 Å². The van der Waals surface area contributed by atoms with Gasteiger partial charge in [0.2, 0.25) is 0 Å². The highest BCUT2D eigenvalue weighted by atomic mass is 15.3. The zero-order valence-electron chi connectivity index (χ0n) is 10.1. The zero-order valence-corrected chi connectivity index (χ0v) is 10.1. The quantitative estimate of drug-likeness (QED) is 0.792. The van der Waals surface area contributed by atoms with Crippen molar-refractivity contribution < 1.29 is 0 Å². The minimum atomic E-state index is 0.582. The normalized spacial score (nSPS) is 15.6. The van der Waals surface area contributed by atoms with Crippen LogP contribution in [0, 0.1) is 0 Å². The number of fused-ring (bicyclic) bond motifs is 1. The molecule has 0 aromatic carbocycles. The van der Waals surface area contributed by atoms with E-state index in [0.717, 1.165) is 30.9 Å². The van der Waals surface area contributed by atoms with Gasteiger partial charge in [0.1, 0.15) is 0 Å². The standard InChI is InChI=1S/C12H17N5/c1-2-5-13-6-9-7-14-12-15-11(10-3-4-10)16-17(12)8-9/h7-8,10,13H,2-6H2,1H3. The molecule has 1 fully saturated rings. The molecule has 0 radical (unpaired) electrons. The molecule has 0 saturated heterocycles. The Hall–Kier alpha value is -1.49. The van der Waals surface area contributed by atoms with Crippen molar-refractivity contribution in [3.63, 3.8) is 0 Å². The van der Waals surface area contributed by atoms with E-state index >= 15 is 0 Å². The molecule has 0 bridgehead atoms. The lowest BCUT2D eigenvalue weighted by Crippen LogP contribution is -2.14.